The van der Waals surface area contributed by atoms with Crippen LogP contribution in [0.25, 0.3) is 22.4 Å². The molecule has 3 rings (SSSR count). The smallest absolute Gasteiger partial charge is 0.387 e. The molecule has 0 atom stereocenters. The van der Waals surface area contributed by atoms with Gasteiger partial charge in [0.1, 0.15) is 11.6 Å². The molecule has 0 unspecified atom stereocenters. The van der Waals surface area contributed by atoms with Crippen molar-refractivity contribution in [3.8, 4) is 17.1 Å². The predicted octanol–water partition coefficient (Wildman–Crippen LogP) is 4.45. The molecule has 0 spiro atoms. The van der Waals surface area contributed by atoms with Crippen LogP contribution in [-0.4, -0.2) is 16.6 Å². The monoisotopic (exact) mass is 288 g/mol. The van der Waals surface area contributed by atoms with Crippen LogP contribution in [0.5, 0.6) is 5.75 Å². The largest absolute Gasteiger partial charge is 0.435 e. The van der Waals surface area contributed by atoms with E-state index in [0.29, 0.717) is 5.82 Å². The number of aryl methyl sites for hydroxylation is 2. The average molecular weight is 288 g/mol. The van der Waals surface area contributed by atoms with E-state index < -0.39 is 6.61 Å². The molecule has 108 valence electrons. The highest BCUT2D eigenvalue weighted by atomic mass is 19.3. The molecule has 0 saturated heterocycles. The van der Waals surface area contributed by atoms with Crippen LogP contribution in [0.1, 0.15) is 11.1 Å². The zero-order valence-electron chi connectivity index (χ0n) is 11.7. The van der Waals surface area contributed by atoms with Crippen molar-refractivity contribution in [3.05, 3.63) is 47.5 Å². The summed E-state index contributed by atoms with van der Waals surface area (Å²) >= 11 is 0. The SMILES string of the molecule is Cc1cc(C)c2nc(-c3ccc(OC(F)F)cc3)[nH]c2c1. The maximum atomic E-state index is 12.1. The van der Waals surface area contributed by atoms with Gasteiger partial charge in [0.2, 0.25) is 0 Å². The Morgan fingerprint density at radius 1 is 1.10 bits per heavy atom. The second-order valence-electron chi connectivity index (χ2n) is 4.97. The van der Waals surface area contributed by atoms with E-state index in [1.165, 1.54) is 12.1 Å². The predicted molar refractivity (Wildman–Crippen MR) is 77.6 cm³/mol. The molecule has 0 saturated carbocycles. The lowest BCUT2D eigenvalue weighted by molar-refractivity contribution is -0.0498. The van der Waals surface area contributed by atoms with Crippen molar-refractivity contribution in [2.75, 3.05) is 0 Å². The first-order chi connectivity index (χ1) is 10.0. The van der Waals surface area contributed by atoms with Gasteiger partial charge in [0.15, 0.2) is 0 Å². The molecule has 5 heteroatoms. The van der Waals surface area contributed by atoms with Crippen molar-refractivity contribution >= 4 is 11.0 Å². The van der Waals surface area contributed by atoms with Gasteiger partial charge in [-0.05, 0) is 55.3 Å². The van der Waals surface area contributed by atoms with E-state index in [4.69, 9.17) is 0 Å². The molecule has 3 nitrogen and oxygen atoms in total. The molecule has 2 aromatic carbocycles. The summed E-state index contributed by atoms with van der Waals surface area (Å²) in [5.74, 6) is 0.846. The fraction of sp³-hybridized carbons (Fsp3) is 0.188. The van der Waals surface area contributed by atoms with Crippen LogP contribution in [0.15, 0.2) is 36.4 Å². The summed E-state index contributed by atoms with van der Waals surface area (Å²) in [5.41, 5.74) is 4.98. The zero-order chi connectivity index (χ0) is 15.0. The average Bonchev–Trinajstić information content (AvgIpc) is 2.83. The quantitative estimate of drug-likeness (QED) is 0.773. The number of hydrogen-bond acceptors (Lipinski definition) is 2. The van der Waals surface area contributed by atoms with Gasteiger partial charge in [-0.2, -0.15) is 8.78 Å². The van der Waals surface area contributed by atoms with Crippen molar-refractivity contribution in [1.82, 2.24) is 9.97 Å². The topological polar surface area (TPSA) is 37.9 Å². The Morgan fingerprint density at radius 3 is 2.48 bits per heavy atom. The normalized spacial score (nSPS) is 11.3. The van der Waals surface area contributed by atoms with E-state index in [1.807, 2.05) is 19.9 Å². The number of rotatable bonds is 3. The minimum atomic E-state index is -2.81. The van der Waals surface area contributed by atoms with Crippen LogP contribution in [0.3, 0.4) is 0 Å². The van der Waals surface area contributed by atoms with E-state index in [2.05, 4.69) is 20.8 Å². The Kier molecular flexibility index (Phi) is 3.33. The van der Waals surface area contributed by atoms with Gasteiger partial charge < -0.3 is 9.72 Å². The number of hydrogen-bond donors (Lipinski definition) is 1. The number of halogens is 2. The molecule has 0 aliphatic rings. The third-order valence-electron chi connectivity index (χ3n) is 3.27. The number of H-pyrrole nitrogens is 1. The van der Waals surface area contributed by atoms with E-state index in [9.17, 15) is 8.78 Å². The number of ether oxygens (including phenoxy) is 1. The second kappa shape index (κ2) is 5.16. The van der Waals surface area contributed by atoms with Gasteiger partial charge in [0.25, 0.3) is 0 Å². The Hall–Kier alpha value is -2.43. The van der Waals surface area contributed by atoms with Gasteiger partial charge in [0.05, 0.1) is 11.0 Å². The summed E-state index contributed by atoms with van der Waals surface area (Å²) in [6.45, 7) is 1.23. The standard InChI is InChI=1S/C16H14F2N2O/c1-9-7-10(2)14-13(8-9)19-15(20-14)11-3-5-12(6-4-11)21-16(17)18/h3-8,16H,1-2H3,(H,19,20). The maximum absolute atomic E-state index is 12.1. The Bertz CT molecular complexity index is 779. The summed E-state index contributed by atoms with van der Waals surface area (Å²) in [6.07, 6.45) is 0. The van der Waals surface area contributed by atoms with Gasteiger partial charge >= 0.3 is 6.61 Å². The summed E-state index contributed by atoms with van der Waals surface area (Å²) in [4.78, 5) is 7.82. The van der Waals surface area contributed by atoms with Crippen LogP contribution in [0.4, 0.5) is 8.78 Å². The van der Waals surface area contributed by atoms with Gasteiger partial charge in [-0.15, -0.1) is 0 Å². The Balaban J connectivity index is 1.98. The first kappa shape index (κ1) is 13.5. The van der Waals surface area contributed by atoms with Gasteiger partial charge in [0, 0.05) is 5.56 Å². The fourth-order valence-electron chi connectivity index (χ4n) is 2.40. The first-order valence-corrected chi connectivity index (χ1v) is 6.55. The van der Waals surface area contributed by atoms with Gasteiger partial charge in [-0.1, -0.05) is 6.07 Å². The molecular formula is C16H14F2N2O. The van der Waals surface area contributed by atoms with Crippen molar-refractivity contribution in [2.45, 2.75) is 20.5 Å². The third-order valence-corrected chi connectivity index (χ3v) is 3.27. The van der Waals surface area contributed by atoms with Crippen LogP contribution in [-0.2, 0) is 0 Å². The molecule has 21 heavy (non-hydrogen) atoms. The molecule has 0 amide bonds. The van der Waals surface area contributed by atoms with Gasteiger partial charge in [-0.25, -0.2) is 4.98 Å². The first-order valence-electron chi connectivity index (χ1n) is 6.55. The molecule has 0 aliphatic heterocycles. The molecule has 1 heterocycles. The minimum absolute atomic E-state index is 0.136. The molecule has 1 N–H and O–H groups in total. The number of alkyl halides is 2. The lowest BCUT2D eigenvalue weighted by atomic mass is 10.1. The molecule has 0 bridgehead atoms. The van der Waals surface area contributed by atoms with Crippen LogP contribution in [0, 0.1) is 13.8 Å². The van der Waals surface area contributed by atoms with E-state index in [0.717, 1.165) is 27.7 Å². The van der Waals surface area contributed by atoms with E-state index >= 15 is 0 Å². The number of aromatic nitrogens is 2. The van der Waals surface area contributed by atoms with Crippen LogP contribution in [0.2, 0.25) is 0 Å². The third kappa shape index (κ3) is 2.72. The number of aromatic amines is 1. The Morgan fingerprint density at radius 2 is 1.81 bits per heavy atom. The second-order valence-corrected chi connectivity index (χ2v) is 4.97. The lowest BCUT2D eigenvalue weighted by Gasteiger charge is -2.04. The Labute approximate surface area is 120 Å². The van der Waals surface area contributed by atoms with Crippen LogP contribution >= 0.6 is 0 Å². The summed E-state index contributed by atoms with van der Waals surface area (Å²) < 4.78 is 28.6. The van der Waals surface area contributed by atoms with E-state index in [1.54, 1.807) is 12.1 Å². The highest BCUT2D eigenvalue weighted by molar-refractivity contribution is 5.83. The molecule has 3 aromatic rings. The van der Waals surface area contributed by atoms with Crippen LogP contribution < -0.4 is 4.74 Å². The fourth-order valence-corrected chi connectivity index (χ4v) is 2.40. The summed E-state index contributed by atoms with van der Waals surface area (Å²) in [6, 6.07) is 10.5. The lowest BCUT2D eigenvalue weighted by Crippen LogP contribution is -2.01. The van der Waals surface area contributed by atoms with Crippen molar-refractivity contribution in [3.63, 3.8) is 0 Å². The van der Waals surface area contributed by atoms with Crippen molar-refractivity contribution in [2.24, 2.45) is 0 Å². The number of nitrogens with zero attached hydrogens (tertiary/aromatic N) is 1. The van der Waals surface area contributed by atoms with Crippen molar-refractivity contribution in [1.29, 1.82) is 0 Å². The highest BCUT2D eigenvalue weighted by Gasteiger charge is 2.09. The molecular weight excluding hydrogens is 274 g/mol. The van der Waals surface area contributed by atoms with Crippen molar-refractivity contribution < 1.29 is 13.5 Å². The maximum Gasteiger partial charge on any atom is 0.387 e. The minimum Gasteiger partial charge on any atom is -0.435 e. The number of nitrogens with one attached hydrogen (secondary N) is 1. The number of imidazole rings is 1. The molecule has 0 radical (unpaired) electrons. The van der Waals surface area contributed by atoms with Gasteiger partial charge in [-0.3, -0.25) is 0 Å². The highest BCUT2D eigenvalue weighted by Crippen LogP contribution is 2.25. The summed E-state index contributed by atoms with van der Waals surface area (Å²) in [5, 5.41) is 0. The summed E-state index contributed by atoms with van der Waals surface area (Å²) in [7, 11) is 0. The van der Waals surface area contributed by atoms with E-state index in [-0.39, 0.29) is 5.75 Å². The molecule has 0 aliphatic carbocycles. The number of fused-ring (bicyclic) bond motifs is 1. The molecule has 1 aromatic heterocycles. The molecule has 0 fully saturated rings. The number of benzene rings is 2. The zero-order valence-corrected chi connectivity index (χ0v) is 11.7.